The number of para-hydroxylation sites is 2. The minimum Gasteiger partial charge on any atom is -0.344 e. The molecule has 454 valence electrons. The minimum absolute atomic E-state index is 0.581. The molecule has 1 spiro atoms. The molecule has 0 amide bonds. The highest BCUT2D eigenvalue weighted by Gasteiger charge is 2.54. The van der Waals surface area contributed by atoms with Crippen LogP contribution in [0.4, 0.5) is 22.7 Å². The molecule has 97 heavy (non-hydrogen) atoms. The largest absolute Gasteiger partial charge is 0.344 e. The van der Waals surface area contributed by atoms with Gasteiger partial charge in [-0.3, -0.25) is 0 Å². The van der Waals surface area contributed by atoms with Crippen molar-refractivity contribution in [3.63, 3.8) is 0 Å². The van der Waals surface area contributed by atoms with Crippen LogP contribution in [0.5, 0.6) is 0 Å². The topological polar surface area (TPSA) is 6.48 Å². The summed E-state index contributed by atoms with van der Waals surface area (Å²) < 4.78 is 0. The van der Waals surface area contributed by atoms with Gasteiger partial charge in [0, 0.05) is 48.0 Å². The van der Waals surface area contributed by atoms with Crippen molar-refractivity contribution < 1.29 is 0 Å². The van der Waals surface area contributed by atoms with E-state index in [1.165, 1.54) is 177 Å². The van der Waals surface area contributed by atoms with Gasteiger partial charge in [0.25, 0.3) is 0 Å². The molecule has 4 aliphatic rings. The zero-order valence-corrected chi connectivity index (χ0v) is 53.9. The second-order valence-electron chi connectivity index (χ2n) is 26.8. The van der Waals surface area contributed by atoms with E-state index in [0.29, 0.717) is 0 Å². The molecule has 0 saturated heterocycles. The number of fused-ring (bicyclic) bond motifs is 18. The van der Waals surface area contributed by atoms with Crippen LogP contribution in [0, 0.1) is 0 Å². The average molecular weight is 1230 g/mol. The summed E-state index contributed by atoms with van der Waals surface area (Å²) in [6, 6.07) is 134. The lowest BCUT2D eigenvalue weighted by atomic mass is 9.60. The Hall–Kier alpha value is -12.1. The zero-order valence-electron chi connectivity index (χ0n) is 53.9. The van der Waals surface area contributed by atoms with Crippen molar-refractivity contribution in [1.82, 2.24) is 0 Å². The third kappa shape index (κ3) is 7.29. The molecule has 16 aromatic rings. The van der Waals surface area contributed by atoms with Crippen molar-refractivity contribution in [2.45, 2.75) is 16.2 Å². The van der Waals surface area contributed by atoms with Crippen molar-refractivity contribution >= 4 is 55.1 Å². The fourth-order valence-electron chi connectivity index (χ4n) is 18.9. The zero-order chi connectivity index (χ0) is 64.1. The van der Waals surface area contributed by atoms with E-state index in [0.717, 1.165) is 0 Å². The van der Waals surface area contributed by atoms with Gasteiger partial charge in [-0.05, 0) is 174 Å². The number of benzene rings is 16. The van der Waals surface area contributed by atoms with Crippen LogP contribution in [0.25, 0.3) is 88.0 Å². The van der Waals surface area contributed by atoms with Gasteiger partial charge in [-0.15, -0.1) is 0 Å². The van der Waals surface area contributed by atoms with E-state index >= 15 is 0 Å². The quantitative estimate of drug-likeness (QED) is 0.147. The Balaban J connectivity index is 0.946. The number of hydrogen-bond donors (Lipinski definition) is 0. The van der Waals surface area contributed by atoms with Crippen LogP contribution in [0.15, 0.2) is 352 Å². The molecule has 0 aromatic heterocycles. The lowest BCUT2D eigenvalue weighted by molar-refractivity contribution is 0.729. The third-order valence-electron chi connectivity index (χ3n) is 22.6. The standard InChI is InChI=1S/C95H64N2/c1-96-84-54-23-21-51-80(84)93(62-31-7-3-8-32-62,63-33-9-4-10-34-63)91-71(46-28-56-86(91)96)67-42-25-44-69-76(67)60-77-68(72-47-29-57-87-92(72)94(64-35-11-5-12-36-64,65-37-13-6-14-38-65)81-52-22-24-55-85(81)97(87)2)43-26-45-70(77)88(69)75-48-27-53-82-90(75)74-41-18-20-50-79(74)95(82)78-49-19-17-40-73(78)89-66-39-16-15-30-61(66)58-59-83(89)95/h3-60H,1-2H3. The van der Waals surface area contributed by atoms with E-state index in [9.17, 15) is 0 Å². The van der Waals surface area contributed by atoms with E-state index in [1.807, 2.05) is 0 Å². The minimum atomic E-state index is -0.717. The van der Waals surface area contributed by atoms with Crippen molar-refractivity contribution in [2.75, 3.05) is 23.9 Å². The average Bonchev–Trinajstić information content (AvgIpc) is 1.60. The molecule has 20 rings (SSSR count). The fraction of sp³-hybridized carbons (Fsp3) is 0.0526. The maximum absolute atomic E-state index is 2.59. The smallest absolute Gasteiger partial charge is 0.0748 e. The normalized spacial score (nSPS) is 15.5. The van der Waals surface area contributed by atoms with Gasteiger partial charge in [0.15, 0.2) is 0 Å². The monoisotopic (exact) mass is 1230 g/mol. The molecule has 1 atom stereocenters. The highest BCUT2D eigenvalue weighted by molar-refractivity contribution is 6.22. The molecule has 0 saturated carbocycles. The molecule has 0 N–H and O–H groups in total. The Morgan fingerprint density at radius 3 is 1.04 bits per heavy atom. The van der Waals surface area contributed by atoms with Crippen LogP contribution in [0.2, 0.25) is 0 Å². The molecule has 1 unspecified atom stereocenters. The SMILES string of the molecule is CN1c2ccccc2C(c2ccccc2)(c2ccccc2)c2c(-c3cccc4c(-c5cccc6c5-c5ccccc5C65c6ccccc6-c6c5ccc5ccccc65)c5cccc(-c6cccc7c6C(c6ccccc6)(c6ccccc6)c6ccccc6N7C)c5cc34)cccc21. The van der Waals surface area contributed by atoms with E-state index in [1.54, 1.807) is 0 Å². The van der Waals surface area contributed by atoms with Gasteiger partial charge in [-0.1, -0.05) is 322 Å². The summed E-state index contributed by atoms with van der Waals surface area (Å²) in [4.78, 5) is 4.87. The Morgan fingerprint density at radius 2 is 0.536 bits per heavy atom. The molecule has 2 heterocycles. The van der Waals surface area contributed by atoms with Gasteiger partial charge in [0.2, 0.25) is 0 Å². The maximum atomic E-state index is 2.59. The van der Waals surface area contributed by atoms with Gasteiger partial charge in [0.1, 0.15) is 0 Å². The van der Waals surface area contributed by atoms with E-state index in [-0.39, 0.29) is 0 Å². The van der Waals surface area contributed by atoms with Gasteiger partial charge < -0.3 is 9.80 Å². The van der Waals surface area contributed by atoms with Crippen LogP contribution in [0.3, 0.4) is 0 Å². The molecule has 2 aliphatic heterocycles. The third-order valence-corrected chi connectivity index (χ3v) is 22.6. The summed E-state index contributed by atoms with van der Waals surface area (Å²) in [5.74, 6) is 0. The fourth-order valence-corrected chi connectivity index (χ4v) is 18.9. The van der Waals surface area contributed by atoms with Crippen LogP contribution in [-0.2, 0) is 16.2 Å². The van der Waals surface area contributed by atoms with Crippen molar-refractivity contribution in [2.24, 2.45) is 0 Å². The van der Waals surface area contributed by atoms with Gasteiger partial charge in [-0.2, -0.15) is 0 Å². The molecular weight excluding hydrogens is 1170 g/mol. The predicted molar refractivity (Wildman–Crippen MR) is 404 cm³/mol. The van der Waals surface area contributed by atoms with Crippen molar-refractivity contribution in [3.8, 4) is 55.6 Å². The lowest BCUT2D eigenvalue weighted by Gasteiger charge is -2.46. The summed E-state index contributed by atoms with van der Waals surface area (Å²) in [6.45, 7) is 0. The van der Waals surface area contributed by atoms with Crippen LogP contribution in [0.1, 0.15) is 66.8 Å². The Morgan fingerprint density at radius 1 is 0.196 bits per heavy atom. The molecule has 0 bridgehead atoms. The Bertz CT molecular complexity index is 5600. The number of anilines is 4. The summed E-state index contributed by atoms with van der Waals surface area (Å²) >= 11 is 0. The van der Waals surface area contributed by atoms with Crippen LogP contribution >= 0.6 is 0 Å². The van der Waals surface area contributed by atoms with E-state index in [4.69, 9.17) is 0 Å². The number of nitrogens with zero attached hydrogens (tertiary/aromatic N) is 2. The summed E-state index contributed by atoms with van der Waals surface area (Å²) in [5.41, 5.74) is 30.3. The lowest BCUT2D eigenvalue weighted by Crippen LogP contribution is -2.38. The summed E-state index contributed by atoms with van der Waals surface area (Å²) in [6.07, 6.45) is 0. The first-order chi connectivity index (χ1) is 48.0. The first-order valence-electron chi connectivity index (χ1n) is 34.0. The van der Waals surface area contributed by atoms with Gasteiger partial charge in [0.05, 0.1) is 16.2 Å². The maximum Gasteiger partial charge on any atom is 0.0748 e. The first kappa shape index (κ1) is 55.4. The highest BCUT2D eigenvalue weighted by Crippen LogP contribution is 2.67. The summed E-state index contributed by atoms with van der Waals surface area (Å²) in [5, 5.41) is 7.32. The summed E-state index contributed by atoms with van der Waals surface area (Å²) in [7, 11) is 4.52. The van der Waals surface area contributed by atoms with Crippen molar-refractivity contribution in [1.29, 1.82) is 0 Å². The molecule has 16 aromatic carbocycles. The van der Waals surface area contributed by atoms with E-state index in [2.05, 4.69) is 376 Å². The Kier molecular flexibility index (Phi) is 12.0. The molecule has 0 fully saturated rings. The number of rotatable bonds is 7. The molecule has 2 heteroatoms. The molecular formula is C95H64N2. The highest BCUT2D eigenvalue weighted by atomic mass is 15.1. The second kappa shape index (κ2) is 20.9. The molecule has 2 nitrogen and oxygen atoms in total. The molecule has 2 aliphatic carbocycles. The van der Waals surface area contributed by atoms with Crippen LogP contribution < -0.4 is 9.80 Å². The van der Waals surface area contributed by atoms with Gasteiger partial charge >= 0.3 is 0 Å². The van der Waals surface area contributed by atoms with Gasteiger partial charge in [-0.25, -0.2) is 0 Å². The second-order valence-corrected chi connectivity index (χ2v) is 26.8. The predicted octanol–water partition coefficient (Wildman–Crippen LogP) is 23.4. The van der Waals surface area contributed by atoms with Crippen molar-refractivity contribution in [3.05, 3.63) is 419 Å². The molecule has 0 radical (unpaired) electrons. The van der Waals surface area contributed by atoms with Crippen LogP contribution in [-0.4, -0.2) is 14.1 Å². The van der Waals surface area contributed by atoms with E-state index < -0.39 is 16.2 Å². The first-order valence-corrected chi connectivity index (χ1v) is 34.0. The Labute approximate surface area is 565 Å². The number of hydrogen-bond acceptors (Lipinski definition) is 2.